The first-order valence-electron chi connectivity index (χ1n) is 10.2. The summed E-state index contributed by atoms with van der Waals surface area (Å²) in [7, 11) is -2.71. The molecule has 2 heterocycles. The van der Waals surface area contributed by atoms with E-state index in [1.807, 2.05) is 6.07 Å². The lowest BCUT2D eigenvalue weighted by Crippen LogP contribution is -2.03. The third kappa shape index (κ3) is 6.25. The van der Waals surface area contributed by atoms with Gasteiger partial charge >= 0.3 is 0 Å². The molecule has 0 unspecified atom stereocenters. The van der Waals surface area contributed by atoms with Crippen LogP contribution in [0, 0.1) is 11.6 Å². The summed E-state index contributed by atoms with van der Waals surface area (Å²) in [6, 6.07) is 14.3. The fraction of sp³-hybridized carbons (Fsp3) is 0.125. The van der Waals surface area contributed by atoms with Crippen molar-refractivity contribution in [2.24, 2.45) is 0 Å². The van der Waals surface area contributed by atoms with Gasteiger partial charge in [-0.05, 0) is 35.9 Å². The molecule has 0 radical (unpaired) electrons. The van der Waals surface area contributed by atoms with E-state index in [2.05, 4.69) is 20.3 Å². The fourth-order valence-electron chi connectivity index (χ4n) is 3.26. The van der Waals surface area contributed by atoms with Gasteiger partial charge in [0.15, 0.2) is 5.82 Å². The van der Waals surface area contributed by atoms with Gasteiger partial charge in [0.25, 0.3) is 0 Å². The van der Waals surface area contributed by atoms with Crippen molar-refractivity contribution in [2.75, 3.05) is 11.6 Å². The van der Waals surface area contributed by atoms with Crippen LogP contribution < -0.4 is 10.1 Å². The lowest BCUT2D eigenvalue weighted by molar-refractivity contribution is 0.305. The zero-order valence-corrected chi connectivity index (χ0v) is 19.0. The molecular weight excluding hydrogens is 462 g/mol. The van der Waals surface area contributed by atoms with Gasteiger partial charge in [-0.25, -0.2) is 18.7 Å². The number of nitrogens with zero attached hydrogens (tertiary/aromatic N) is 3. The van der Waals surface area contributed by atoms with Gasteiger partial charge in [0, 0.05) is 43.0 Å². The molecule has 0 fully saturated rings. The van der Waals surface area contributed by atoms with Crippen LogP contribution in [0.15, 0.2) is 73.2 Å². The largest absolute Gasteiger partial charge is 0.488 e. The number of hydrogen-bond donors (Lipinski definition) is 3. The maximum atomic E-state index is 14.7. The first kappa shape index (κ1) is 23.6. The Balaban J connectivity index is 0.00000342. The second kappa shape index (κ2) is 10.1. The number of benzene rings is 2. The van der Waals surface area contributed by atoms with Crippen LogP contribution in [0.3, 0.4) is 0 Å². The molecule has 2 aromatic carbocycles. The highest BCUT2D eigenvalue weighted by Crippen LogP contribution is 2.38. The van der Waals surface area contributed by atoms with E-state index in [0.717, 1.165) is 11.8 Å². The highest BCUT2D eigenvalue weighted by Gasteiger charge is 2.16. The highest BCUT2D eigenvalue weighted by molar-refractivity contribution is 8.23. The molecule has 10 heteroatoms. The van der Waals surface area contributed by atoms with Crippen molar-refractivity contribution in [3.05, 3.63) is 95.9 Å². The Hall–Kier alpha value is -3.60. The van der Waals surface area contributed by atoms with Gasteiger partial charge in [0.2, 0.25) is 5.95 Å². The first-order valence-corrected chi connectivity index (χ1v) is 12.3. The Morgan fingerprint density at radius 3 is 2.62 bits per heavy atom. The van der Waals surface area contributed by atoms with E-state index in [1.165, 1.54) is 24.5 Å². The summed E-state index contributed by atoms with van der Waals surface area (Å²) in [5.41, 5.74) is 2.27. The first-order chi connectivity index (χ1) is 16.3. The predicted molar refractivity (Wildman–Crippen MR) is 130 cm³/mol. The Morgan fingerprint density at radius 1 is 1.03 bits per heavy atom. The van der Waals surface area contributed by atoms with Crippen molar-refractivity contribution < 1.29 is 24.0 Å². The highest BCUT2D eigenvalue weighted by atomic mass is 32.3. The van der Waals surface area contributed by atoms with Gasteiger partial charge in [0.05, 0.1) is 11.9 Å². The number of rotatable bonds is 8. The van der Waals surface area contributed by atoms with Crippen molar-refractivity contribution >= 4 is 22.2 Å². The monoisotopic (exact) mass is 486 g/mol. The fourth-order valence-corrected chi connectivity index (χ4v) is 4.07. The van der Waals surface area contributed by atoms with Crippen LogP contribution in [0.25, 0.3) is 11.3 Å². The smallest absolute Gasteiger partial charge is 0.227 e. The van der Waals surface area contributed by atoms with Crippen LogP contribution >= 0.6 is 10.6 Å². The summed E-state index contributed by atoms with van der Waals surface area (Å²) in [5.74, 6) is -0.888. The molecule has 0 aliphatic heterocycles. The second-order valence-corrected chi connectivity index (χ2v) is 9.92. The molecule has 0 aliphatic carbocycles. The zero-order chi connectivity index (χ0) is 24.1. The molecule has 3 N–H and O–H groups in total. The van der Waals surface area contributed by atoms with E-state index in [-0.39, 0.29) is 36.7 Å². The average molecular weight is 487 g/mol. The molecular formula is C24H24F2N4O3S. The molecule has 2 aromatic heterocycles. The van der Waals surface area contributed by atoms with Crippen LogP contribution in [-0.4, -0.2) is 30.3 Å². The van der Waals surface area contributed by atoms with E-state index >= 15 is 0 Å². The van der Waals surface area contributed by atoms with Crippen molar-refractivity contribution in [3.8, 4) is 17.0 Å². The molecule has 0 spiro atoms. The summed E-state index contributed by atoms with van der Waals surface area (Å²) in [5, 5.41) is 2.99. The third-order valence-corrected chi connectivity index (χ3v) is 5.56. The quantitative estimate of drug-likeness (QED) is 0.270. The number of pyridine rings is 1. The zero-order valence-electron chi connectivity index (χ0n) is 18.2. The van der Waals surface area contributed by atoms with Gasteiger partial charge in [-0.15, -0.1) is 0 Å². The molecule has 0 aliphatic rings. The standard InChI is InChI=1S/C24H22F2N4O3S.H2/c1-34(31,32)15-16-4-2-6-19(10-16)29-24-28-13-21(26)23(30-24)20-8-7-18(25)11-22(20)33-14-17-5-3-9-27-12-17;/h2-13,31-32H,14-15H2,1H3,(H,28,29,30);1H. The lowest BCUT2D eigenvalue weighted by Gasteiger charge is -2.26. The summed E-state index contributed by atoms with van der Waals surface area (Å²) < 4.78 is 53.9. The normalized spacial score (nSPS) is 11.8. The minimum atomic E-state index is -2.71. The van der Waals surface area contributed by atoms with E-state index < -0.39 is 22.2 Å². The number of nitrogens with one attached hydrogen (secondary N) is 1. The number of anilines is 2. The van der Waals surface area contributed by atoms with Gasteiger partial charge < -0.3 is 10.1 Å². The molecule has 4 aromatic rings. The summed E-state index contributed by atoms with van der Waals surface area (Å²) in [4.78, 5) is 12.3. The second-order valence-electron chi connectivity index (χ2n) is 7.64. The van der Waals surface area contributed by atoms with Gasteiger partial charge in [-0.3, -0.25) is 14.1 Å². The minimum Gasteiger partial charge on any atom is -0.488 e. The number of aromatic nitrogens is 3. The summed E-state index contributed by atoms with van der Waals surface area (Å²) in [6.45, 7) is 0.117. The molecule has 34 heavy (non-hydrogen) atoms. The van der Waals surface area contributed by atoms with Crippen molar-refractivity contribution in [1.29, 1.82) is 0 Å². The van der Waals surface area contributed by atoms with E-state index in [0.29, 0.717) is 11.3 Å². The molecule has 178 valence electrons. The molecule has 7 nitrogen and oxygen atoms in total. The summed E-state index contributed by atoms with van der Waals surface area (Å²) >= 11 is 0. The number of ether oxygens (including phenoxy) is 1. The average Bonchev–Trinajstić information content (AvgIpc) is 2.79. The molecule has 0 amide bonds. The summed E-state index contributed by atoms with van der Waals surface area (Å²) in [6.07, 6.45) is 5.65. The van der Waals surface area contributed by atoms with Crippen LogP contribution in [0.2, 0.25) is 0 Å². The Bertz CT molecular complexity index is 1290. The van der Waals surface area contributed by atoms with Crippen LogP contribution in [0.1, 0.15) is 12.6 Å². The van der Waals surface area contributed by atoms with E-state index in [1.54, 1.807) is 42.7 Å². The Kier molecular flexibility index (Phi) is 7.01. The van der Waals surface area contributed by atoms with E-state index in [4.69, 9.17) is 4.74 Å². The Morgan fingerprint density at radius 2 is 1.85 bits per heavy atom. The van der Waals surface area contributed by atoms with Gasteiger partial charge in [-0.1, -0.05) is 18.2 Å². The molecule has 4 rings (SSSR count). The topological polar surface area (TPSA) is 100 Å². The van der Waals surface area contributed by atoms with Crippen molar-refractivity contribution in [1.82, 2.24) is 15.0 Å². The van der Waals surface area contributed by atoms with Crippen LogP contribution in [0.5, 0.6) is 5.75 Å². The molecule has 0 atom stereocenters. The predicted octanol–water partition coefficient (Wildman–Crippen LogP) is 6.27. The SMILES string of the molecule is CS(O)(O)Cc1cccc(Nc2ncc(F)c(-c3ccc(F)cc3OCc3cccnc3)n2)c1.[HH]. The maximum absolute atomic E-state index is 14.7. The maximum Gasteiger partial charge on any atom is 0.227 e. The number of hydrogen-bond acceptors (Lipinski definition) is 7. The Labute approximate surface area is 198 Å². The third-order valence-electron chi connectivity index (χ3n) is 4.68. The van der Waals surface area contributed by atoms with E-state index in [9.17, 15) is 17.9 Å². The molecule has 0 saturated heterocycles. The van der Waals surface area contributed by atoms with Crippen LogP contribution in [0.4, 0.5) is 20.4 Å². The minimum absolute atomic E-state index is 0. The van der Waals surface area contributed by atoms with Crippen LogP contribution in [-0.2, 0) is 12.4 Å². The lowest BCUT2D eigenvalue weighted by atomic mass is 10.1. The van der Waals surface area contributed by atoms with Crippen molar-refractivity contribution in [2.45, 2.75) is 12.4 Å². The molecule has 0 bridgehead atoms. The van der Waals surface area contributed by atoms with Gasteiger partial charge in [-0.2, -0.15) is 10.6 Å². The molecule has 0 saturated carbocycles. The van der Waals surface area contributed by atoms with Gasteiger partial charge in [0.1, 0.15) is 23.9 Å². The van der Waals surface area contributed by atoms with Crippen molar-refractivity contribution in [3.63, 3.8) is 0 Å². The number of halogens is 2.